The molecule has 1 aromatic heterocycles. The Hall–Kier alpha value is -2.06. The van der Waals surface area contributed by atoms with Crippen molar-refractivity contribution < 1.29 is 9.18 Å². The number of pyridine rings is 1. The van der Waals surface area contributed by atoms with Crippen LogP contribution < -0.4 is 0 Å². The molecule has 0 aliphatic rings. The van der Waals surface area contributed by atoms with Crippen LogP contribution in [0.3, 0.4) is 0 Å². The molecule has 4 heteroatoms. The van der Waals surface area contributed by atoms with E-state index in [1.54, 1.807) is 12.1 Å². The highest BCUT2D eigenvalue weighted by molar-refractivity contribution is 5.91. The van der Waals surface area contributed by atoms with Crippen molar-refractivity contribution in [2.45, 2.75) is 0 Å². The lowest BCUT2D eigenvalue weighted by molar-refractivity contribution is 0.565. The van der Waals surface area contributed by atoms with Crippen LogP contribution in [0.5, 0.6) is 0 Å². The van der Waals surface area contributed by atoms with Crippen LogP contribution in [-0.4, -0.2) is 11.1 Å². The van der Waals surface area contributed by atoms with Gasteiger partial charge in [-0.2, -0.15) is 0 Å². The molecule has 14 heavy (non-hydrogen) atoms. The molecule has 0 radical (unpaired) electrons. The molecule has 2 aromatic rings. The van der Waals surface area contributed by atoms with Crippen molar-refractivity contribution in [3.8, 4) is 0 Å². The number of nitrogens with zero attached hydrogens (tertiary/aromatic N) is 2. The molecular formula is C10H5FN2O. The molecule has 0 fully saturated rings. The van der Waals surface area contributed by atoms with Crippen molar-refractivity contribution in [1.82, 2.24) is 4.98 Å². The summed E-state index contributed by atoms with van der Waals surface area (Å²) in [6, 6.07) is 5.96. The van der Waals surface area contributed by atoms with E-state index in [0.29, 0.717) is 5.39 Å². The third kappa shape index (κ3) is 1.39. The van der Waals surface area contributed by atoms with E-state index in [2.05, 4.69) is 9.98 Å². The summed E-state index contributed by atoms with van der Waals surface area (Å²) in [5.41, 5.74) is 0. The van der Waals surface area contributed by atoms with Gasteiger partial charge in [0.15, 0.2) is 5.82 Å². The summed E-state index contributed by atoms with van der Waals surface area (Å²) in [6.07, 6.45) is 2.90. The van der Waals surface area contributed by atoms with E-state index in [1.807, 2.05) is 0 Å². The molecule has 0 bridgehead atoms. The Labute approximate surface area is 78.9 Å². The lowest BCUT2D eigenvalue weighted by Gasteiger charge is -1.98. The Kier molecular flexibility index (Phi) is 2.05. The number of fused-ring (bicyclic) bond motifs is 1. The van der Waals surface area contributed by atoms with Crippen LogP contribution in [0.2, 0.25) is 0 Å². The second-order valence-corrected chi connectivity index (χ2v) is 2.70. The molecule has 1 aromatic carbocycles. The second-order valence-electron chi connectivity index (χ2n) is 2.70. The maximum absolute atomic E-state index is 12.9. The average molecular weight is 188 g/mol. The summed E-state index contributed by atoms with van der Waals surface area (Å²) < 4.78 is 12.9. The first kappa shape index (κ1) is 8.53. The zero-order valence-electron chi connectivity index (χ0n) is 7.07. The van der Waals surface area contributed by atoms with Gasteiger partial charge in [-0.3, -0.25) is 0 Å². The number of carbonyl (C=O) groups excluding carboxylic acids is 1. The molecule has 68 valence electrons. The minimum atomic E-state index is -0.382. The minimum absolute atomic E-state index is 0.192. The number of isocyanates is 1. The van der Waals surface area contributed by atoms with Crippen LogP contribution in [-0.2, 0) is 4.79 Å². The van der Waals surface area contributed by atoms with Crippen LogP contribution in [0.25, 0.3) is 10.8 Å². The number of aliphatic imine (C=N–C) groups is 1. The fourth-order valence-electron chi connectivity index (χ4n) is 1.26. The van der Waals surface area contributed by atoms with Gasteiger partial charge in [0.05, 0.1) is 0 Å². The standard InChI is InChI=1S/C10H5FN2O/c11-8-2-1-7-3-4-12-10(13-6-14)9(7)5-8/h1-5H. The summed E-state index contributed by atoms with van der Waals surface area (Å²) in [7, 11) is 0. The largest absolute Gasteiger partial charge is 0.242 e. The smallest absolute Gasteiger partial charge is 0.236 e. The molecule has 0 atom stereocenters. The fourth-order valence-corrected chi connectivity index (χ4v) is 1.26. The van der Waals surface area contributed by atoms with E-state index in [0.717, 1.165) is 5.39 Å². The van der Waals surface area contributed by atoms with Gasteiger partial charge in [0.2, 0.25) is 6.08 Å². The highest BCUT2D eigenvalue weighted by atomic mass is 19.1. The van der Waals surface area contributed by atoms with Crippen molar-refractivity contribution >= 4 is 22.7 Å². The number of benzene rings is 1. The van der Waals surface area contributed by atoms with E-state index < -0.39 is 0 Å². The normalized spacial score (nSPS) is 9.79. The van der Waals surface area contributed by atoms with Gasteiger partial charge in [0, 0.05) is 11.6 Å². The fraction of sp³-hybridized carbons (Fsp3) is 0. The Bertz CT molecular complexity index is 533. The SMILES string of the molecule is O=C=Nc1nccc2ccc(F)cc12. The molecule has 1 heterocycles. The van der Waals surface area contributed by atoms with E-state index in [4.69, 9.17) is 0 Å². The first-order valence-corrected chi connectivity index (χ1v) is 3.93. The highest BCUT2D eigenvalue weighted by Gasteiger charge is 2.01. The molecule has 0 N–H and O–H groups in total. The van der Waals surface area contributed by atoms with Gasteiger partial charge in [0.1, 0.15) is 5.82 Å². The molecule has 3 nitrogen and oxygen atoms in total. The lowest BCUT2D eigenvalue weighted by atomic mass is 10.1. The molecule has 0 unspecified atom stereocenters. The topological polar surface area (TPSA) is 42.3 Å². The van der Waals surface area contributed by atoms with E-state index in [9.17, 15) is 9.18 Å². The summed E-state index contributed by atoms with van der Waals surface area (Å²) in [4.78, 5) is 17.3. The maximum atomic E-state index is 12.9. The minimum Gasteiger partial charge on any atom is -0.236 e. The Morgan fingerprint density at radius 2 is 2.21 bits per heavy atom. The number of halogens is 1. The van der Waals surface area contributed by atoms with Crippen molar-refractivity contribution in [2.24, 2.45) is 4.99 Å². The lowest BCUT2D eigenvalue weighted by Crippen LogP contribution is -1.80. The molecule has 0 spiro atoms. The van der Waals surface area contributed by atoms with Crippen LogP contribution >= 0.6 is 0 Å². The predicted molar refractivity (Wildman–Crippen MR) is 49.5 cm³/mol. The zero-order chi connectivity index (χ0) is 9.97. The van der Waals surface area contributed by atoms with Crippen LogP contribution in [0, 0.1) is 5.82 Å². The second kappa shape index (κ2) is 3.36. The summed E-state index contributed by atoms with van der Waals surface area (Å²) in [6.45, 7) is 0. The van der Waals surface area contributed by atoms with Crippen molar-refractivity contribution in [1.29, 1.82) is 0 Å². The Morgan fingerprint density at radius 1 is 1.36 bits per heavy atom. The van der Waals surface area contributed by atoms with E-state index in [-0.39, 0.29) is 11.6 Å². The molecule has 0 amide bonds. The monoisotopic (exact) mass is 188 g/mol. The molecule has 0 saturated heterocycles. The van der Waals surface area contributed by atoms with Gasteiger partial charge in [-0.25, -0.2) is 14.2 Å². The van der Waals surface area contributed by atoms with Crippen molar-refractivity contribution in [3.63, 3.8) is 0 Å². The Balaban J connectivity index is 2.83. The summed E-state index contributed by atoms with van der Waals surface area (Å²) >= 11 is 0. The van der Waals surface area contributed by atoms with Crippen LogP contribution in [0.15, 0.2) is 35.5 Å². The van der Waals surface area contributed by atoms with Gasteiger partial charge in [0.25, 0.3) is 0 Å². The summed E-state index contributed by atoms with van der Waals surface area (Å²) in [5.74, 6) is -0.190. The third-order valence-electron chi connectivity index (χ3n) is 1.86. The van der Waals surface area contributed by atoms with Gasteiger partial charge >= 0.3 is 0 Å². The van der Waals surface area contributed by atoms with Gasteiger partial charge in [-0.05, 0) is 23.6 Å². The number of hydrogen-bond donors (Lipinski definition) is 0. The molecule has 2 rings (SSSR count). The van der Waals surface area contributed by atoms with Crippen LogP contribution in [0.4, 0.5) is 10.2 Å². The van der Waals surface area contributed by atoms with E-state index >= 15 is 0 Å². The first-order valence-electron chi connectivity index (χ1n) is 3.93. The Morgan fingerprint density at radius 3 is 3.00 bits per heavy atom. The molecular weight excluding hydrogens is 183 g/mol. The third-order valence-corrected chi connectivity index (χ3v) is 1.86. The first-order chi connectivity index (χ1) is 6.81. The van der Waals surface area contributed by atoms with E-state index in [1.165, 1.54) is 24.4 Å². The quantitative estimate of drug-likeness (QED) is 0.509. The van der Waals surface area contributed by atoms with Gasteiger partial charge < -0.3 is 0 Å². The number of rotatable bonds is 1. The molecule has 0 aliphatic heterocycles. The highest BCUT2D eigenvalue weighted by Crippen LogP contribution is 2.23. The maximum Gasteiger partial charge on any atom is 0.242 e. The molecule has 0 saturated carbocycles. The predicted octanol–water partition coefficient (Wildman–Crippen LogP) is 2.34. The van der Waals surface area contributed by atoms with Crippen LogP contribution in [0.1, 0.15) is 0 Å². The van der Waals surface area contributed by atoms with Gasteiger partial charge in [-0.1, -0.05) is 6.07 Å². The van der Waals surface area contributed by atoms with Crippen molar-refractivity contribution in [2.75, 3.05) is 0 Å². The number of aromatic nitrogens is 1. The number of hydrogen-bond acceptors (Lipinski definition) is 3. The van der Waals surface area contributed by atoms with Gasteiger partial charge in [-0.15, -0.1) is 4.99 Å². The zero-order valence-corrected chi connectivity index (χ0v) is 7.07. The average Bonchev–Trinajstić information content (AvgIpc) is 2.19. The van der Waals surface area contributed by atoms with Crippen molar-refractivity contribution in [3.05, 3.63) is 36.3 Å². The summed E-state index contributed by atoms with van der Waals surface area (Å²) in [5, 5.41) is 1.30. The molecule has 0 aliphatic carbocycles.